The molecule has 0 aromatic heterocycles. The number of hydrogen-bond acceptors (Lipinski definition) is 0. The van der Waals surface area contributed by atoms with E-state index < -0.39 is 0 Å². The van der Waals surface area contributed by atoms with Crippen LogP contribution in [0.5, 0.6) is 0 Å². The Morgan fingerprint density at radius 3 is 1.55 bits per heavy atom. The van der Waals surface area contributed by atoms with Crippen LogP contribution in [0.3, 0.4) is 0 Å². The van der Waals surface area contributed by atoms with Crippen molar-refractivity contribution in [2.75, 3.05) is 0 Å². The third-order valence-corrected chi connectivity index (χ3v) is 18.4. The molecule has 3 fully saturated rings. The molecule has 0 aliphatic heterocycles. The second kappa shape index (κ2) is 26.3. The molecule has 0 amide bonds. The monoisotopic (exact) mass is 767 g/mol. The second-order valence-electron chi connectivity index (χ2n) is 20.9. The zero-order chi connectivity index (χ0) is 39.9. The maximum absolute atomic E-state index is 2.83. The van der Waals surface area contributed by atoms with Crippen LogP contribution in [0.15, 0.2) is 0 Å². The Hall–Kier alpha value is 0. The molecule has 3 aliphatic carbocycles. The smallest absolute Gasteiger partial charge is 0.0174 e. The van der Waals surface area contributed by atoms with Crippen molar-refractivity contribution in [1.82, 2.24) is 0 Å². The largest absolute Gasteiger partial charge is 0.0654 e. The highest BCUT2D eigenvalue weighted by molar-refractivity contribution is 5.22. The van der Waals surface area contributed by atoms with E-state index in [1.165, 1.54) is 193 Å². The van der Waals surface area contributed by atoms with Crippen LogP contribution < -0.4 is 0 Å². The summed E-state index contributed by atoms with van der Waals surface area (Å²) in [7, 11) is 0. The molecule has 0 N–H and O–H groups in total. The minimum atomic E-state index is 0.445. The van der Waals surface area contributed by atoms with Gasteiger partial charge in [-0.25, -0.2) is 0 Å². The first-order valence-corrected chi connectivity index (χ1v) is 26.9. The first kappa shape index (κ1) is 49.4. The molecular weight excluding hydrogens is 661 g/mol. The number of rotatable bonds is 27. The summed E-state index contributed by atoms with van der Waals surface area (Å²) >= 11 is 0. The van der Waals surface area contributed by atoms with Crippen molar-refractivity contribution < 1.29 is 0 Å². The number of hydrogen-bond donors (Lipinski definition) is 0. The fraction of sp³-hybridized carbons (Fsp3) is 1.00. The quantitative estimate of drug-likeness (QED) is 0.0577. The minimum absolute atomic E-state index is 0.445. The van der Waals surface area contributed by atoms with Gasteiger partial charge in [0.25, 0.3) is 0 Å². The van der Waals surface area contributed by atoms with Crippen molar-refractivity contribution in [2.45, 2.75) is 312 Å². The van der Waals surface area contributed by atoms with Crippen LogP contribution in [0.1, 0.15) is 312 Å². The molecule has 5 unspecified atom stereocenters. The highest BCUT2D eigenvalue weighted by Crippen LogP contribution is 2.81. The molecule has 0 saturated heterocycles. The highest BCUT2D eigenvalue weighted by atomic mass is 14.8. The molecule has 0 heterocycles. The predicted octanol–water partition coefficient (Wildman–Crippen LogP) is 20.0. The van der Waals surface area contributed by atoms with Crippen LogP contribution in [0.25, 0.3) is 0 Å². The molecule has 5 atom stereocenters. The second-order valence-corrected chi connectivity index (χ2v) is 20.9. The first-order chi connectivity index (χ1) is 26.9. The van der Waals surface area contributed by atoms with Crippen molar-refractivity contribution in [3.8, 4) is 0 Å². The Balaban J connectivity index is 2.55. The third kappa shape index (κ3) is 11.0. The molecule has 0 aromatic rings. The van der Waals surface area contributed by atoms with E-state index in [4.69, 9.17) is 0 Å². The lowest BCUT2D eigenvalue weighted by molar-refractivity contribution is -0.242. The molecular formula is C55H106. The molecule has 0 nitrogen and oxygen atoms in total. The predicted molar refractivity (Wildman–Crippen MR) is 249 cm³/mol. The van der Waals surface area contributed by atoms with Crippen molar-refractivity contribution >= 4 is 0 Å². The summed E-state index contributed by atoms with van der Waals surface area (Å²) in [6.07, 6.45) is 59.9. The third-order valence-electron chi connectivity index (χ3n) is 18.4. The molecule has 3 aliphatic rings. The summed E-state index contributed by atoms with van der Waals surface area (Å²) in [4.78, 5) is 0. The molecule has 55 heavy (non-hydrogen) atoms. The van der Waals surface area contributed by atoms with E-state index in [1.54, 1.807) is 64.2 Å². The van der Waals surface area contributed by atoms with Gasteiger partial charge in [-0.15, -0.1) is 0 Å². The summed E-state index contributed by atoms with van der Waals surface area (Å²) in [6.45, 7) is 20.8. The zero-order valence-corrected chi connectivity index (χ0v) is 39.9. The first-order valence-electron chi connectivity index (χ1n) is 26.9. The van der Waals surface area contributed by atoms with Gasteiger partial charge < -0.3 is 0 Å². The van der Waals surface area contributed by atoms with Gasteiger partial charge in [-0.1, -0.05) is 229 Å². The van der Waals surface area contributed by atoms with Crippen molar-refractivity contribution in [3.05, 3.63) is 0 Å². The van der Waals surface area contributed by atoms with Gasteiger partial charge in [-0.05, 0) is 122 Å². The van der Waals surface area contributed by atoms with Gasteiger partial charge in [0.1, 0.15) is 0 Å². The van der Waals surface area contributed by atoms with Crippen LogP contribution in [-0.2, 0) is 0 Å². The minimum Gasteiger partial charge on any atom is -0.0654 e. The fourth-order valence-corrected chi connectivity index (χ4v) is 16.5. The maximum Gasteiger partial charge on any atom is -0.0174 e. The normalized spacial score (nSPS) is 27.3. The molecule has 3 rings (SSSR count). The van der Waals surface area contributed by atoms with Gasteiger partial charge in [-0.3, -0.25) is 0 Å². The lowest BCUT2D eigenvalue weighted by atomic mass is 9.32. The average Bonchev–Trinajstić information content (AvgIpc) is 3.38. The average molecular weight is 767 g/mol. The Labute approximate surface area is 349 Å². The molecule has 0 heteroatoms. The van der Waals surface area contributed by atoms with Gasteiger partial charge in [0.15, 0.2) is 0 Å². The van der Waals surface area contributed by atoms with Crippen molar-refractivity contribution in [3.63, 3.8) is 0 Å². The Bertz CT molecular complexity index is 930. The topological polar surface area (TPSA) is 0 Å². The van der Waals surface area contributed by atoms with Crippen LogP contribution >= 0.6 is 0 Å². The van der Waals surface area contributed by atoms with Crippen LogP contribution in [0, 0.1) is 38.9 Å². The highest BCUT2D eigenvalue weighted by Gasteiger charge is 2.73. The zero-order valence-electron chi connectivity index (χ0n) is 39.9. The van der Waals surface area contributed by atoms with Crippen LogP contribution in [0.2, 0.25) is 0 Å². The van der Waals surface area contributed by atoms with Crippen LogP contribution in [0.4, 0.5) is 0 Å². The van der Waals surface area contributed by atoms with Crippen molar-refractivity contribution in [1.29, 1.82) is 0 Å². The van der Waals surface area contributed by atoms with Gasteiger partial charge in [-0.2, -0.15) is 0 Å². The lowest BCUT2D eigenvalue weighted by Gasteiger charge is -2.72. The fourth-order valence-electron chi connectivity index (χ4n) is 16.5. The summed E-state index contributed by atoms with van der Waals surface area (Å²) < 4.78 is 0. The van der Waals surface area contributed by atoms with E-state index >= 15 is 0 Å². The Morgan fingerprint density at radius 1 is 0.455 bits per heavy atom. The molecule has 0 aromatic carbocycles. The lowest BCUT2D eigenvalue weighted by Crippen LogP contribution is -2.65. The SMILES string of the molecule is CCCCCC(CC)C(CCC)(CCCCC)C(CC)(CCCCC)C1(CCCCC)CCCC1(CCC)C1(C2CCCCCCCCC2)CCCCCC1. The van der Waals surface area contributed by atoms with E-state index in [2.05, 4.69) is 55.4 Å². The molecule has 326 valence electrons. The number of unbranched alkanes of at least 4 members (excludes halogenated alkanes) is 8. The summed E-state index contributed by atoms with van der Waals surface area (Å²) in [5, 5.41) is 0. The van der Waals surface area contributed by atoms with E-state index in [-0.39, 0.29) is 0 Å². The van der Waals surface area contributed by atoms with Gasteiger partial charge in [0, 0.05) is 0 Å². The van der Waals surface area contributed by atoms with E-state index in [9.17, 15) is 0 Å². The van der Waals surface area contributed by atoms with Gasteiger partial charge in [0.2, 0.25) is 0 Å². The van der Waals surface area contributed by atoms with Crippen molar-refractivity contribution in [2.24, 2.45) is 38.9 Å². The summed E-state index contributed by atoms with van der Waals surface area (Å²) in [5.41, 5.74) is 2.46. The van der Waals surface area contributed by atoms with E-state index in [0.717, 1.165) is 11.8 Å². The Morgan fingerprint density at radius 2 is 1.00 bits per heavy atom. The standard InChI is InChI=1S/C55H106/c1-9-17-28-37-49(15-7)51(40-13-5,42-31-18-10-2)53(16-8,45-32-19-11-3)55(46-33-20-12-4)48-36-47-54(55,41-14-6)52(43-34-26-27-35-44-52)50-38-29-24-22-21-23-25-30-39-50/h49-50H,9-48H2,1-8H3. The molecule has 0 bridgehead atoms. The molecule has 0 spiro atoms. The van der Waals surface area contributed by atoms with Gasteiger partial charge >= 0.3 is 0 Å². The molecule has 0 radical (unpaired) electrons. The van der Waals surface area contributed by atoms with Gasteiger partial charge in [0.05, 0.1) is 0 Å². The summed E-state index contributed by atoms with van der Waals surface area (Å²) in [6, 6.07) is 0. The van der Waals surface area contributed by atoms with E-state index in [1.807, 2.05) is 0 Å². The Kier molecular flexibility index (Phi) is 23.6. The summed E-state index contributed by atoms with van der Waals surface area (Å²) in [5.74, 6) is 1.86. The molecule has 3 saturated carbocycles. The maximum atomic E-state index is 2.83. The van der Waals surface area contributed by atoms with E-state index in [0.29, 0.717) is 27.1 Å². The van der Waals surface area contributed by atoms with Crippen LogP contribution in [-0.4, -0.2) is 0 Å².